The Hall–Kier alpha value is -3.53. The summed E-state index contributed by atoms with van der Waals surface area (Å²) in [7, 11) is -4.10. The van der Waals surface area contributed by atoms with E-state index in [1.807, 2.05) is 19.9 Å². The lowest BCUT2D eigenvalue weighted by molar-refractivity contribution is -0.274. The van der Waals surface area contributed by atoms with Crippen LogP contribution in [0.25, 0.3) is 0 Å². The van der Waals surface area contributed by atoms with Gasteiger partial charge in [0.15, 0.2) is 0 Å². The van der Waals surface area contributed by atoms with Crippen molar-refractivity contribution in [1.82, 2.24) is 0 Å². The summed E-state index contributed by atoms with van der Waals surface area (Å²) in [4.78, 5) is 12.8. The lowest BCUT2D eigenvalue weighted by Crippen LogP contribution is -2.38. The second-order valence-corrected chi connectivity index (χ2v) is 9.53. The van der Waals surface area contributed by atoms with Crippen LogP contribution in [0.4, 0.5) is 24.5 Å². The molecule has 0 bridgehead atoms. The van der Waals surface area contributed by atoms with Crippen LogP contribution in [0.3, 0.4) is 0 Å². The fourth-order valence-corrected chi connectivity index (χ4v) is 4.69. The summed E-state index contributed by atoms with van der Waals surface area (Å²) in [5.74, 6) is -1.11. The zero-order chi connectivity index (χ0) is 25.1. The van der Waals surface area contributed by atoms with Crippen LogP contribution < -0.4 is 14.4 Å². The molecule has 0 fully saturated rings. The van der Waals surface area contributed by atoms with E-state index in [0.29, 0.717) is 11.3 Å². The number of carbonyl (C=O) groups excluding carboxylic acids is 1. The van der Waals surface area contributed by atoms with Crippen molar-refractivity contribution in [2.75, 3.05) is 16.2 Å². The van der Waals surface area contributed by atoms with E-state index < -0.39 is 34.6 Å². The molecule has 1 N–H and O–H groups in total. The minimum absolute atomic E-state index is 0.0282. The molecular weight excluding hydrogens is 469 g/mol. The summed E-state index contributed by atoms with van der Waals surface area (Å²) >= 11 is 0. The molecule has 3 aromatic rings. The monoisotopic (exact) mass is 492 g/mol. The summed E-state index contributed by atoms with van der Waals surface area (Å²) in [6, 6.07) is 16.0. The first-order valence-corrected chi connectivity index (χ1v) is 11.6. The second-order valence-electron chi connectivity index (χ2n) is 7.66. The third-order valence-electron chi connectivity index (χ3n) is 5.11. The van der Waals surface area contributed by atoms with Gasteiger partial charge in [0.1, 0.15) is 12.3 Å². The highest BCUT2D eigenvalue weighted by molar-refractivity contribution is 7.92. The van der Waals surface area contributed by atoms with Crippen LogP contribution in [-0.2, 0) is 14.8 Å². The van der Waals surface area contributed by atoms with Gasteiger partial charge in [-0.15, -0.1) is 13.2 Å². The molecule has 0 unspecified atom stereocenters. The maximum absolute atomic E-state index is 13.5. The lowest BCUT2D eigenvalue weighted by atomic mass is 10.1. The normalized spacial score (nSPS) is 11.7. The SMILES string of the molecule is Cc1ccc(S(=O)(=O)N(CC(=O)Nc2ccc(OC(F)(F)F)cc2)c2cccc(C)c2C)cc1. The van der Waals surface area contributed by atoms with Gasteiger partial charge in [-0.1, -0.05) is 29.8 Å². The number of alkyl halides is 3. The van der Waals surface area contributed by atoms with Gasteiger partial charge in [0.05, 0.1) is 10.6 Å². The van der Waals surface area contributed by atoms with E-state index in [-0.39, 0.29) is 10.6 Å². The first-order valence-electron chi connectivity index (χ1n) is 10.2. The number of rotatable bonds is 7. The Morgan fingerprint density at radius 2 is 1.56 bits per heavy atom. The van der Waals surface area contributed by atoms with E-state index in [2.05, 4.69) is 10.1 Å². The minimum atomic E-state index is -4.83. The molecule has 10 heteroatoms. The molecule has 0 aliphatic carbocycles. The number of hydrogen-bond acceptors (Lipinski definition) is 4. The molecule has 1 amide bonds. The van der Waals surface area contributed by atoms with E-state index in [9.17, 15) is 26.4 Å². The zero-order valence-corrected chi connectivity index (χ0v) is 19.5. The van der Waals surface area contributed by atoms with Crippen molar-refractivity contribution in [1.29, 1.82) is 0 Å². The number of benzene rings is 3. The van der Waals surface area contributed by atoms with Gasteiger partial charge in [0, 0.05) is 5.69 Å². The molecule has 6 nitrogen and oxygen atoms in total. The molecule has 0 atom stereocenters. The van der Waals surface area contributed by atoms with Crippen LogP contribution in [0.15, 0.2) is 71.6 Å². The van der Waals surface area contributed by atoms with Crippen LogP contribution in [0.2, 0.25) is 0 Å². The number of amides is 1. The predicted molar refractivity (Wildman–Crippen MR) is 123 cm³/mol. The molecule has 0 aliphatic heterocycles. The number of nitrogens with zero attached hydrogens (tertiary/aromatic N) is 1. The van der Waals surface area contributed by atoms with Crippen molar-refractivity contribution >= 4 is 27.3 Å². The molecule has 0 radical (unpaired) electrons. The third-order valence-corrected chi connectivity index (χ3v) is 6.89. The highest BCUT2D eigenvalue weighted by Crippen LogP contribution is 2.29. The van der Waals surface area contributed by atoms with E-state index in [0.717, 1.165) is 27.6 Å². The molecule has 0 saturated heterocycles. The first kappa shape index (κ1) is 25.1. The van der Waals surface area contributed by atoms with E-state index >= 15 is 0 Å². The quantitative estimate of drug-likeness (QED) is 0.483. The van der Waals surface area contributed by atoms with Gasteiger partial charge in [0.2, 0.25) is 5.91 Å². The molecule has 0 aromatic heterocycles. The van der Waals surface area contributed by atoms with E-state index in [1.54, 1.807) is 31.2 Å². The molecule has 0 aliphatic rings. The van der Waals surface area contributed by atoms with Crippen LogP contribution in [0.1, 0.15) is 16.7 Å². The Kier molecular flexibility index (Phi) is 7.21. The number of nitrogens with one attached hydrogen (secondary N) is 1. The van der Waals surface area contributed by atoms with E-state index in [4.69, 9.17) is 0 Å². The number of hydrogen-bond donors (Lipinski definition) is 1. The Morgan fingerprint density at radius 3 is 2.15 bits per heavy atom. The Bertz CT molecular complexity index is 1270. The summed E-state index contributed by atoms with van der Waals surface area (Å²) in [5, 5.41) is 2.52. The van der Waals surface area contributed by atoms with Crippen LogP contribution >= 0.6 is 0 Å². The summed E-state index contributed by atoms with van der Waals surface area (Å²) in [5.41, 5.74) is 2.97. The van der Waals surface area contributed by atoms with Gasteiger partial charge in [-0.3, -0.25) is 9.10 Å². The zero-order valence-electron chi connectivity index (χ0n) is 18.7. The van der Waals surface area contributed by atoms with E-state index in [1.165, 1.54) is 24.3 Å². The first-order chi connectivity index (χ1) is 15.9. The van der Waals surface area contributed by atoms with Crippen molar-refractivity contribution in [2.45, 2.75) is 32.0 Å². The van der Waals surface area contributed by atoms with Gasteiger partial charge in [-0.2, -0.15) is 0 Å². The lowest BCUT2D eigenvalue weighted by Gasteiger charge is -2.26. The van der Waals surface area contributed by atoms with Gasteiger partial charge in [0.25, 0.3) is 10.0 Å². The summed E-state index contributed by atoms with van der Waals surface area (Å²) in [6.45, 7) is 4.89. The number of sulfonamides is 1. The minimum Gasteiger partial charge on any atom is -0.406 e. The van der Waals surface area contributed by atoms with Crippen LogP contribution in [0, 0.1) is 20.8 Å². The standard InChI is InChI=1S/C24H23F3N2O4S/c1-16-7-13-21(14-8-16)34(31,32)29(22-6-4-5-17(2)18(22)3)15-23(30)28-19-9-11-20(12-10-19)33-24(25,26)27/h4-14H,15H2,1-3H3,(H,28,30). The highest BCUT2D eigenvalue weighted by Gasteiger charge is 2.31. The van der Waals surface area contributed by atoms with Crippen molar-refractivity contribution < 1.29 is 31.1 Å². The number of ether oxygens (including phenoxy) is 1. The molecule has 3 aromatic carbocycles. The largest absolute Gasteiger partial charge is 0.573 e. The predicted octanol–water partition coefficient (Wildman–Crippen LogP) is 5.34. The topological polar surface area (TPSA) is 75.7 Å². The molecule has 0 spiro atoms. The van der Waals surface area contributed by atoms with Gasteiger partial charge >= 0.3 is 6.36 Å². The average molecular weight is 493 g/mol. The van der Waals surface area contributed by atoms with Crippen molar-refractivity contribution in [3.63, 3.8) is 0 Å². The average Bonchev–Trinajstić information content (AvgIpc) is 2.75. The molecule has 0 saturated carbocycles. The number of aryl methyl sites for hydroxylation is 2. The maximum atomic E-state index is 13.5. The molecule has 34 heavy (non-hydrogen) atoms. The third kappa shape index (κ3) is 6.07. The molecule has 0 heterocycles. The molecule has 180 valence electrons. The molecular formula is C24H23F3N2O4S. The number of carbonyl (C=O) groups is 1. The smallest absolute Gasteiger partial charge is 0.406 e. The van der Waals surface area contributed by atoms with Gasteiger partial charge in [-0.05, 0) is 74.4 Å². The number of anilines is 2. The fourth-order valence-electron chi connectivity index (χ4n) is 3.21. The number of halogens is 3. The van der Waals surface area contributed by atoms with Crippen molar-refractivity contribution in [2.24, 2.45) is 0 Å². The summed E-state index contributed by atoms with van der Waals surface area (Å²) in [6.07, 6.45) is -4.83. The van der Waals surface area contributed by atoms with Crippen molar-refractivity contribution in [3.05, 3.63) is 83.4 Å². The maximum Gasteiger partial charge on any atom is 0.573 e. The fraction of sp³-hybridized carbons (Fsp3) is 0.208. The van der Waals surface area contributed by atoms with Gasteiger partial charge in [-0.25, -0.2) is 8.42 Å². The Morgan fingerprint density at radius 1 is 0.941 bits per heavy atom. The van der Waals surface area contributed by atoms with Crippen LogP contribution in [0.5, 0.6) is 5.75 Å². The van der Waals surface area contributed by atoms with Gasteiger partial charge < -0.3 is 10.1 Å². The second kappa shape index (κ2) is 9.76. The Labute approximate surface area is 196 Å². The van der Waals surface area contributed by atoms with Crippen LogP contribution in [-0.4, -0.2) is 27.2 Å². The van der Waals surface area contributed by atoms with Crippen molar-refractivity contribution in [3.8, 4) is 5.75 Å². The molecule has 3 rings (SSSR count). The Balaban J connectivity index is 1.89. The summed E-state index contributed by atoms with van der Waals surface area (Å²) < 4.78 is 68.8. The highest BCUT2D eigenvalue weighted by atomic mass is 32.2.